The second kappa shape index (κ2) is 7.32. The molecule has 0 aliphatic carbocycles. The number of sulfonamides is 1. The monoisotopic (exact) mass is 367 g/mol. The second-order valence-electron chi connectivity index (χ2n) is 5.94. The van der Waals surface area contributed by atoms with E-state index >= 15 is 0 Å². The fraction of sp³-hybridized carbons (Fsp3) is 0.143. The van der Waals surface area contributed by atoms with E-state index in [1.54, 1.807) is 0 Å². The van der Waals surface area contributed by atoms with Crippen LogP contribution in [-0.2, 0) is 16.4 Å². The molecule has 3 rings (SSSR count). The lowest BCUT2D eigenvalue weighted by Gasteiger charge is -2.18. The molecule has 0 heterocycles. The van der Waals surface area contributed by atoms with Crippen LogP contribution in [0, 0.1) is 0 Å². The van der Waals surface area contributed by atoms with E-state index in [-0.39, 0.29) is 4.90 Å². The van der Waals surface area contributed by atoms with Crippen LogP contribution >= 0.6 is 0 Å². The molecule has 3 aromatic rings. The van der Waals surface area contributed by atoms with Crippen LogP contribution in [-0.4, -0.2) is 15.5 Å². The number of rotatable bonds is 5. The summed E-state index contributed by atoms with van der Waals surface area (Å²) in [4.78, 5) is 0.0303. The number of hydrogen-bond donors (Lipinski definition) is 1. The van der Waals surface area contributed by atoms with Gasteiger partial charge in [-0.15, -0.1) is 0 Å². The highest BCUT2D eigenvalue weighted by Gasteiger charge is 2.24. The van der Waals surface area contributed by atoms with Crippen LogP contribution in [0.2, 0.25) is 0 Å². The fourth-order valence-corrected chi connectivity index (χ4v) is 4.14. The van der Waals surface area contributed by atoms with Gasteiger partial charge in [-0.1, -0.05) is 73.7 Å². The van der Waals surface area contributed by atoms with E-state index in [0.717, 1.165) is 22.3 Å². The molecule has 0 spiro atoms. The van der Waals surface area contributed by atoms with Gasteiger partial charge in [-0.2, -0.15) is 0 Å². The molecule has 0 aliphatic heterocycles. The van der Waals surface area contributed by atoms with Gasteiger partial charge in [0, 0.05) is 5.56 Å². The molecule has 3 aromatic carbocycles. The van der Waals surface area contributed by atoms with Crippen molar-refractivity contribution in [2.75, 3.05) is 7.11 Å². The molecule has 0 unspecified atom stereocenters. The summed E-state index contributed by atoms with van der Waals surface area (Å²) in [6.07, 6.45) is 0.645. The first-order valence-corrected chi connectivity index (χ1v) is 9.89. The molecule has 0 fully saturated rings. The molecule has 0 saturated carbocycles. The van der Waals surface area contributed by atoms with Gasteiger partial charge in [0.25, 0.3) is 0 Å². The van der Waals surface area contributed by atoms with Gasteiger partial charge in [0.2, 0.25) is 10.0 Å². The topological polar surface area (TPSA) is 69.4 Å². The maximum absolute atomic E-state index is 12.4. The first-order chi connectivity index (χ1) is 12.5. The Morgan fingerprint density at radius 1 is 0.846 bits per heavy atom. The summed E-state index contributed by atoms with van der Waals surface area (Å²) in [5.74, 6) is 0.315. The third kappa shape index (κ3) is 3.36. The summed E-state index contributed by atoms with van der Waals surface area (Å²) in [5, 5.41) is 5.58. The summed E-state index contributed by atoms with van der Waals surface area (Å²) in [5.41, 5.74) is 4.08. The molecule has 4 nitrogen and oxygen atoms in total. The minimum absolute atomic E-state index is 0.0303. The Bertz CT molecular complexity index is 1030. The van der Waals surface area contributed by atoms with E-state index in [1.165, 1.54) is 7.11 Å². The van der Waals surface area contributed by atoms with E-state index in [4.69, 9.17) is 9.88 Å². The summed E-state index contributed by atoms with van der Waals surface area (Å²) >= 11 is 0. The van der Waals surface area contributed by atoms with Gasteiger partial charge < -0.3 is 4.74 Å². The minimum atomic E-state index is -3.98. The highest BCUT2D eigenvalue weighted by atomic mass is 32.2. The van der Waals surface area contributed by atoms with Crippen molar-refractivity contribution in [2.24, 2.45) is 5.14 Å². The Kier molecular flexibility index (Phi) is 5.11. The van der Waals surface area contributed by atoms with Gasteiger partial charge in [0.1, 0.15) is 10.6 Å². The third-order valence-electron chi connectivity index (χ3n) is 4.37. The van der Waals surface area contributed by atoms with Crippen molar-refractivity contribution < 1.29 is 13.2 Å². The van der Waals surface area contributed by atoms with Crippen molar-refractivity contribution >= 4 is 10.0 Å². The van der Waals surface area contributed by atoms with Crippen molar-refractivity contribution in [3.63, 3.8) is 0 Å². The molecule has 5 heteroatoms. The second-order valence-corrected chi connectivity index (χ2v) is 7.44. The van der Waals surface area contributed by atoms with E-state index in [9.17, 15) is 8.42 Å². The van der Waals surface area contributed by atoms with Crippen LogP contribution in [0.15, 0.2) is 71.6 Å². The summed E-state index contributed by atoms with van der Waals surface area (Å²) in [7, 11) is -2.51. The lowest BCUT2D eigenvalue weighted by molar-refractivity contribution is 0.398. The predicted octanol–water partition coefficient (Wildman–Crippen LogP) is 4.24. The molecule has 0 amide bonds. The number of nitrogens with two attached hydrogens (primary N) is 1. The molecular formula is C21H21NO3S. The van der Waals surface area contributed by atoms with Gasteiger partial charge in [-0.3, -0.25) is 0 Å². The standard InChI is InChI=1S/C21H21NO3S/c1-3-15-13-14-19(21(20(15)25-2)26(22,23)24)18-12-8-7-11-17(18)16-9-5-4-6-10-16/h4-14H,3H2,1-2H3,(H2,22,23,24). The predicted molar refractivity (Wildman–Crippen MR) is 105 cm³/mol. The normalized spacial score (nSPS) is 11.3. The first-order valence-electron chi connectivity index (χ1n) is 8.34. The Hall–Kier alpha value is -2.63. The molecule has 0 saturated heterocycles. The summed E-state index contributed by atoms with van der Waals surface area (Å²) in [6, 6.07) is 21.2. The van der Waals surface area contributed by atoms with Gasteiger partial charge in [-0.25, -0.2) is 13.6 Å². The van der Waals surface area contributed by atoms with Crippen molar-refractivity contribution in [1.82, 2.24) is 0 Å². The Morgan fingerprint density at radius 2 is 1.46 bits per heavy atom. The van der Waals surface area contributed by atoms with Crippen LogP contribution in [0.1, 0.15) is 12.5 Å². The Morgan fingerprint density at radius 3 is 2.04 bits per heavy atom. The molecular weight excluding hydrogens is 346 g/mol. The smallest absolute Gasteiger partial charge is 0.242 e. The SMILES string of the molecule is CCc1ccc(-c2ccccc2-c2ccccc2)c(S(N)(=O)=O)c1OC. The van der Waals surface area contributed by atoms with Crippen molar-refractivity contribution in [3.05, 3.63) is 72.3 Å². The van der Waals surface area contributed by atoms with E-state index in [2.05, 4.69) is 0 Å². The van der Waals surface area contributed by atoms with Crippen LogP contribution in [0.3, 0.4) is 0 Å². The van der Waals surface area contributed by atoms with Gasteiger partial charge in [0.15, 0.2) is 0 Å². The van der Waals surface area contributed by atoms with Crippen LogP contribution in [0.25, 0.3) is 22.3 Å². The average molecular weight is 367 g/mol. The van der Waals surface area contributed by atoms with Crippen LogP contribution in [0.5, 0.6) is 5.75 Å². The number of primary sulfonamides is 1. The Balaban J connectivity index is 2.37. The minimum Gasteiger partial charge on any atom is -0.495 e. The number of aryl methyl sites for hydroxylation is 1. The van der Waals surface area contributed by atoms with E-state index < -0.39 is 10.0 Å². The van der Waals surface area contributed by atoms with Crippen LogP contribution < -0.4 is 9.88 Å². The largest absolute Gasteiger partial charge is 0.495 e. The number of hydrogen-bond acceptors (Lipinski definition) is 3. The fourth-order valence-electron chi connectivity index (χ4n) is 3.19. The van der Waals surface area contributed by atoms with Crippen molar-refractivity contribution in [1.29, 1.82) is 0 Å². The van der Waals surface area contributed by atoms with Gasteiger partial charge in [-0.05, 0) is 28.7 Å². The molecule has 2 N–H and O–H groups in total. The average Bonchev–Trinajstić information content (AvgIpc) is 2.66. The maximum atomic E-state index is 12.4. The number of methoxy groups -OCH3 is 1. The molecule has 0 radical (unpaired) electrons. The Labute approximate surface area is 154 Å². The molecule has 0 aromatic heterocycles. The lowest BCUT2D eigenvalue weighted by atomic mass is 9.93. The van der Waals surface area contributed by atoms with Crippen LogP contribution in [0.4, 0.5) is 0 Å². The zero-order valence-corrected chi connectivity index (χ0v) is 15.6. The molecule has 0 atom stereocenters. The van der Waals surface area contributed by atoms with Gasteiger partial charge >= 0.3 is 0 Å². The lowest BCUT2D eigenvalue weighted by Crippen LogP contribution is -2.16. The molecule has 0 aliphatic rings. The zero-order valence-electron chi connectivity index (χ0n) is 14.8. The zero-order chi connectivity index (χ0) is 18.7. The third-order valence-corrected chi connectivity index (χ3v) is 5.34. The number of benzene rings is 3. The number of ether oxygens (including phenoxy) is 1. The maximum Gasteiger partial charge on any atom is 0.242 e. The highest BCUT2D eigenvalue weighted by Crippen LogP contribution is 2.40. The van der Waals surface area contributed by atoms with E-state index in [1.807, 2.05) is 73.7 Å². The van der Waals surface area contributed by atoms with E-state index in [0.29, 0.717) is 17.7 Å². The van der Waals surface area contributed by atoms with Gasteiger partial charge in [0.05, 0.1) is 7.11 Å². The molecule has 134 valence electrons. The summed E-state index contributed by atoms with van der Waals surface area (Å²) in [6.45, 7) is 1.95. The van der Waals surface area contributed by atoms with Crippen molar-refractivity contribution in [3.8, 4) is 28.0 Å². The quantitative estimate of drug-likeness (QED) is 0.733. The van der Waals surface area contributed by atoms with Crippen molar-refractivity contribution in [2.45, 2.75) is 18.2 Å². The first kappa shape index (κ1) is 18.2. The highest BCUT2D eigenvalue weighted by molar-refractivity contribution is 7.89. The molecule has 26 heavy (non-hydrogen) atoms. The summed E-state index contributed by atoms with van der Waals surface area (Å²) < 4.78 is 30.3. The molecule has 0 bridgehead atoms.